The molecule has 0 radical (unpaired) electrons. The lowest BCUT2D eigenvalue weighted by atomic mass is 10.2. The normalized spacial score (nSPS) is 19.7. The van der Waals surface area contributed by atoms with Crippen LogP contribution in [0.15, 0.2) is 18.3 Å². The number of aromatic nitrogens is 1. The molecule has 16 heavy (non-hydrogen) atoms. The van der Waals surface area contributed by atoms with Crippen LogP contribution in [-0.2, 0) is 9.47 Å². The Hall–Kier alpha value is -1.49. The van der Waals surface area contributed by atoms with Gasteiger partial charge >= 0.3 is 5.97 Å². The van der Waals surface area contributed by atoms with E-state index in [-0.39, 0.29) is 18.3 Å². The van der Waals surface area contributed by atoms with Crippen LogP contribution < -0.4 is 0 Å². The molecule has 1 aromatic rings. The Morgan fingerprint density at radius 1 is 1.69 bits per heavy atom. The second kappa shape index (κ2) is 5.03. The highest BCUT2D eigenvalue weighted by atomic mass is 19.1. The van der Waals surface area contributed by atoms with Crippen molar-refractivity contribution in [2.45, 2.75) is 18.9 Å². The van der Waals surface area contributed by atoms with Crippen molar-refractivity contribution in [1.82, 2.24) is 4.98 Å². The van der Waals surface area contributed by atoms with Crippen molar-refractivity contribution in [3.63, 3.8) is 0 Å². The third kappa shape index (κ3) is 2.55. The van der Waals surface area contributed by atoms with Gasteiger partial charge in [0.05, 0.1) is 6.10 Å². The molecule has 2 heterocycles. The van der Waals surface area contributed by atoms with Gasteiger partial charge in [0.2, 0.25) is 5.95 Å². The van der Waals surface area contributed by atoms with Gasteiger partial charge in [-0.25, -0.2) is 9.78 Å². The molecule has 1 unspecified atom stereocenters. The van der Waals surface area contributed by atoms with E-state index in [9.17, 15) is 9.18 Å². The van der Waals surface area contributed by atoms with Crippen molar-refractivity contribution >= 4 is 5.97 Å². The smallest absolute Gasteiger partial charge is 0.342 e. The van der Waals surface area contributed by atoms with E-state index in [2.05, 4.69) is 4.98 Å². The number of esters is 1. The molecule has 0 aromatic carbocycles. The van der Waals surface area contributed by atoms with Crippen molar-refractivity contribution in [2.24, 2.45) is 0 Å². The number of rotatable bonds is 3. The first-order valence-corrected chi connectivity index (χ1v) is 5.16. The van der Waals surface area contributed by atoms with E-state index in [0.29, 0.717) is 6.61 Å². The summed E-state index contributed by atoms with van der Waals surface area (Å²) in [7, 11) is 0. The molecule has 0 saturated carbocycles. The van der Waals surface area contributed by atoms with Gasteiger partial charge in [-0.1, -0.05) is 0 Å². The lowest BCUT2D eigenvalue weighted by molar-refractivity contribution is 0.0157. The molecule has 86 valence electrons. The fourth-order valence-electron chi connectivity index (χ4n) is 1.56. The summed E-state index contributed by atoms with van der Waals surface area (Å²) in [5.74, 6) is -1.50. The predicted octanol–water partition coefficient (Wildman–Crippen LogP) is 1.56. The summed E-state index contributed by atoms with van der Waals surface area (Å²) in [5, 5.41) is 0. The van der Waals surface area contributed by atoms with Gasteiger partial charge in [-0.3, -0.25) is 0 Å². The van der Waals surface area contributed by atoms with Crippen LogP contribution in [0.3, 0.4) is 0 Å². The first-order chi connectivity index (χ1) is 7.77. The average Bonchev–Trinajstić information content (AvgIpc) is 2.79. The van der Waals surface area contributed by atoms with Crippen LogP contribution in [0.4, 0.5) is 4.39 Å². The molecule has 0 aliphatic carbocycles. The summed E-state index contributed by atoms with van der Waals surface area (Å²) >= 11 is 0. The Balaban J connectivity index is 1.90. The second-order valence-electron chi connectivity index (χ2n) is 3.58. The van der Waals surface area contributed by atoms with Crippen LogP contribution in [0, 0.1) is 5.95 Å². The van der Waals surface area contributed by atoms with E-state index < -0.39 is 11.9 Å². The number of carbonyl (C=O) groups is 1. The fourth-order valence-corrected chi connectivity index (χ4v) is 1.56. The molecular formula is C11H12FNO3. The van der Waals surface area contributed by atoms with E-state index in [4.69, 9.17) is 9.47 Å². The fraction of sp³-hybridized carbons (Fsp3) is 0.455. The minimum atomic E-state index is -0.806. The molecule has 1 fully saturated rings. The van der Waals surface area contributed by atoms with Crippen molar-refractivity contribution < 1.29 is 18.7 Å². The minimum absolute atomic E-state index is 0.0521. The first-order valence-electron chi connectivity index (χ1n) is 5.16. The van der Waals surface area contributed by atoms with Gasteiger partial charge in [0, 0.05) is 12.8 Å². The molecule has 1 aliphatic rings. The van der Waals surface area contributed by atoms with Crippen molar-refractivity contribution in [1.29, 1.82) is 0 Å². The monoisotopic (exact) mass is 225 g/mol. The van der Waals surface area contributed by atoms with Crippen molar-refractivity contribution in [3.05, 3.63) is 29.8 Å². The van der Waals surface area contributed by atoms with E-state index in [1.807, 2.05) is 0 Å². The molecule has 0 amide bonds. The highest BCUT2D eigenvalue weighted by Gasteiger charge is 2.19. The number of carbonyl (C=O) groups excluding carboxylic acids is 1. The number of hydrogen-bond donors (Lipinski definition) is 0. The van der Waals surface area contributed by atoms with Gasteiger partial charge < -0.3 is 9.47 Å². The number of pyridine rings is 1. The SMILES string of the molecule is O=C(OCC1CCCO1)c1cccnc1F. The van der Waals surface area contributed by atoms with Gasteiger partial charge in [-0.2, -0.15) is 4.39 Å². The number of hydrogen-bond acceptors (Lipinski definition) is 4. The zero-order valence-corrected chi connectivity index (χ0v) is 8.69. The third-order valence-corrected chi connectivity index (χ3v) is 2.40. The molecule has 1 saturated heterocycles. The molecule has 4 nitrogen and oxygen atoms in total. The number of nitrogens with zero attached hydrogens (tertiary/aromatic N) is 1. The standard InChI is InChI=1S/C11H12FNO3/c12-10-9(4-1-5-13-10)11(14)16-7-8-3-2-6-15-8/h1,4-5,8H,2-3,6-7H2. The molecule has 2 rings (SSSR count). The van der Waals surface area contributed by atoms with Crippen LogP contribution in [0.5, 0.6) is 0 Å². The van der Waals surface area contributed by atoms with Gasteiger partial charge in [-0.05, 0) is 25.0 Å². The quantitative estimate of drug-likeness (QED) is 0.578. The largest absolute Gasteiger partial charge is 0.459 e. The summed E-state index contributed by atoms with van der Waals surface area (Å²) in [6, 6.07) is 2.84. The topological polar surface area (TPSA) is 48.4 Å². The maximum atomic E-state index is 13.1. The Morgan fingerprint density at radius 3 is 3.25 bits per heavy atom. The zero-order chi connectivity index (χ0) is 11.4. The molecular weight excluding hydrogens is 213 g/mol. The van der Waals surface area contributed by atoms with Gasteiger partial charge in [0.25, 0.3) is 0 Å². The molecule has 0 N–H and O–H groups in total. The molecule has 1 aromatic heterocycles. The average molecular weight is 225 g/mol. The van der Waals surface area contributed by atoms with Crippen LogP contribution in [0.1, 0.15) is 23.2 Å². The molecule has 1 atom stereocenters. The lowest BCUT2D eigenvalue weighted by Gasteiger charge is -2.09. The maximum Gasteiger partial charge on any atom is 0.342 e. The van der Waals surface area contributed by atoms with Crippen molar-refractivity contribution in [2.75, 3.05) is 13.2 Å². The second-order valence-corrected chi connectivity index (χ2v) is 3.58. The summed E-state index contributed by atoms with van der Waals surface area (Å²) in [5.41, 5.74) is -0.138. The highest BCUT2D eigenvalue weighted by Crippen LogP contribution is 2.13. The Kier molecular flexibility index (Phi) is 3.46. The van der Waals surface area contributed by atoms with Crippen LogP contribution in [-0.4, -0.2) is 30.3 Å². The van der Waals surface area contributed by atoms with Crippen LogP contribution >= 0.6 is 0 Å². The first kappa shape index (κ1) is 11.0. The summed E-state index contributed by atoms with van der Waals surface area (Å²) < 4.78 is 23.3. The summed E-state index contributed by atoms with van der Waals surface area (Å²) in [6.45, 7) is 0.872. The highest BCUT2D eigenvalue weighted by molar-refractivity contribution is 5.89. The predicted molar refractivity (Wildman–Crippen MR) is 53.5 cm³/mol. The van der Waals surface area contributed by atoms with E-state index in [0.717, 1.165) is 12.8 Å². The van der Waals surface area contributed by atoms with Gasteiger partial charge in [0.1, 0.15) is 12.2 Å². The summed E-state index contributed by atoms with van der Waals surface area (Å²) in [6.07, 6.45) is 3.09. The van der Waals surface area contributed by atoms with Crippen LogP contribution in [0.2, 0.25) is 0 Å². The number of ether oxygens (including phenoxy) is 2. The third-order valence-electron chi connectivity index (χ3n) is 2.40. The number of halogens is 1. The Bertz CT molecular complexity index is 377. The van der Waals surface area contributed by atoms with Crippen LogP contribution in [0.25, 0.3) is 0 Å². The molecule has 5 heteroatoms. The van der Waals surface area contributed by atoms with Gasteiger partial charge in [-0.15, -0.1) is 0 Å². The molecule has 0 spiro atoms. The van der Waals surface area contributed by atoms with Gasteiger partial charge in [0.15, 0.2) is 0 Å². The van der Waals surface area contributed by atoms with E-state index in [1.165, 1.54) is 18.3 Å². The Morgan fingerprint density at radius 2 is 2.56 bits per heavy atom. The van der Waals surface area contributed by atoms with Crippen molar-refractivity contribution in [3.8, 4) is 0 Å². The maximum absolute atomic E-state index is 13.1. The van der Waals surface area contributed by atoms with E-state index >= 15 is 0 Å². The molecule has 1 aliphatic heterocycles. The Labute approximate surface area is 92.4 Å². The minimum Gasteiger partial charge on any atom is -0.459 e. The molecule has 0 bridgehead atoms. The summed E-state index contributed by atoms with van der Waals surface area (Å²) in [4.78, 5) is 14.8. The zero-order valence-electron chi connectivity index (χ0n) is 8.69. The van der Waals surface area contributed by atoms with E-state index in [1.54, 1.807) is 0 Å². The lowest BCUT2D eigenvalue weighted by Crippen LogP contribution is -2.18.